The Balaban J connectivity index is 1.92. The van der Waals surface area contributed by atoms with E-state index in [4.69, 9.17) is 5.73 Å². The van der Waals surface area contributed by atoms with Gasteiger partial charge in [-0.25, -0.2) is 8.42 Å². The normalized spacial score (nSPS) is 18.6. The molecule has 0 aliphatic carbocycles. The highest BCUT2D eigenvalue weighted by Gasteiger charge is 2.23. The van der Waals surface area contributed by atoms with Crippen molar-refractivity contribution < 1.29 is 8.42 Å². The average Bonchev–Trinajstić information content (AvgIpc) is 2.38. The molecule has 2 heterocycles. The van der Waals surface area contributed by atoms with Gasteiger partial charge >= 0.3 is 0 Å². The summed E-state index contributed by atoms with van der Waals surface area (Å²) in [7, 11) is -3.05. The predicted molar refractivity (Wildman–Crippen MR) is 73.8 cm³/mol. The van der Waals surface area contributed by atoms with Gasteiger partial charge in [0.25, 0.3) is 0 Å². The minimum absolute atomic E-state index is 0.440. The molecule has 0 unspecified atom stereocenters. The van der Waals surface area contributed by atoms with E-state index in [1.807, 2.05) is 12.1 Å². The Bertz CT molecular complexity index is 524. The summed E-state index contributed by atoms with van der Waals surface area (Å²) in [6.45, 7) is 3.89. The Kier molecular flexibility index (Phi) is 4.51. The Morgan fingerprint density at radius 1 is 1.32 bits per heavy atom. The predicted octanol–water partition coefficient (Wildman–Crippen LogP) is -0.382. The van der Waals surface area contributed by atoms with Gasteiger partial charge in [0.2, 0.25) is 10.0 Å². The summed E-state index contributed by atoms with van der Waals surface area (Å²) in [5.74, 6) is 0. The third-order valence-corrected chi connectivity index (χ3v) is 4.60. The van der Waals surface area contributed by atoms with E-state index in [1.54, 1.807) is 6.20 Å². The fourth-order valence-corrected chi connectivity index (χ4v) is 3.04. The minimum atomic E-state index is -3.05. The molecular formula is C12H20N4O2S. The molecule has 1 aliphatic rings. The fourth-order valence-electron chi connectivity index (χ4n) is 2.22. The van der Waals surface area contributed by atoms with Crippen molar-refractivity contribution in [1.29, 1.82) is 0 Å². The lowest BCUT2D eigenvalue weighted by atomic mass is 10.2. The lowest BCUT2D eigenvalue weighted by Gasteiger charge is -2.33. The first-order valence-electron chi connectivity index (χ1n) is 6.30. The number of hydrogen-bond donors (Lipinski definition) is 1. The van der Waals surface area contributed by atoms with E-state index >= 15 is 0 Å². The van der Waals surface area contributed by atoms with Crippen LogP contribution >= 0.6 is 0 Å². The molecule has 1 fully saturated rings. The van der Waals surface area contributed by atoms with Gasteiger partial charge in [0, 0.05) is 45.5 Å². The van der Waals surface area contributed by atoms with Crippen molar-refractivity contribution in [3.63, 3.8) is 0 Å². The number of pyridine rings is 1. The highest BCUT2D eigenvalue weighted by Crippen LogP contribution is 2.10. The zero-order valence-electron chi connectivity index (χ0n) is 11.1. The van der Waals surface area contributed by atoms with Crippen LogP contribution in [0, 0.1) is 0 Å². The molecule has 0 radical (unpaired) electrons. The fraction of sp³-hybridized carbons (Fsp3) is 0.583. The maximum atomic E-state index is 11.4. The monoisotopic (exact) mass is 284 g/mol. The smallest absolute Gasteiger partial charge is 0.211 e. The van der Waals surface area contributed by atoms with E-state index in [2.05, 4.69) is 9.88 Å². The Labute approximate surface area is 114 Å². The number of hydrogen-bond acceptors (Lipinski definition) is 5. The Morgan fingerprint density at radius 2 is 2.00 bits per heavy atom. The van der Waals surface area contributed by atoms with Crippen LogP contribution in [0.4, 0.5) is 0 Å². The number of nitrogens with zero attached hydrogens (tertiary/aromatic N) is 3. The second kappa shape index (κ2) is 5.96. The molecule has 0 atom stereocenters. The first kappa shape index (κ1) is 14.4. The van der Waals surface area contributed by atoms with Crippen LogP contribution in [0.1, 0.15) is 11.3 Å². The van der Waals surface area contributed by atoms with Crippen LogP contribution < -0.4 is 5.73 Å². The van der Waals surface area contributed by atoms with Crippen LogP contribution in [0.15, 0.2) is 18.3 Å². The Morgan fingerprint density at radius 3 is 2.58 bits per heavy atom. The zero-order valence-corrected chi connectivity index (χ0v) is 11.9. The summed E-state index contributed by atoms with van der Waals surface area (Å²) < 4.78 is 24.4. The molecule has 0 aromatic carbocycles. The largest absolute Gasteiger partial charge is 0.325 e. The van der Waals surface area contributed by atoms with E-state index in [0.717, 1.165) is 25.3 Å². The molecule has 0 bridgehead atoms. The van der Waals surface area contributed by atoms with Crippen LogP contribution in [0.5, 0.6) is 0 Å². The maximum Gasteiger partial charge on any atom is 0.211 e. The van der Waals surface area contributed by atoms with E-state index in [-0.39, 0.29) is 0 Å². The van der Waals surface area contributed by atoms with Crippen molar-refractivity contribution in [2.75, 3.05) is 32.4 Å². The van der Waals surface area contributed by atoms with Gasteiger partial charge in [-0.05, 0) is 17.7 Å². The van der Waals surface area contributed by atoms with Crippen LogP contribution in [0.2, 0.25) is 0 Å². The van der Waals surface area contributed by atoms with Gasteiger partial charge in [-0.15, -0.1) is 0 Å². The number of rotatable bonds is 4. The van der Waals surface area contributed by atoms with Crippen LogP contribution in [-0.4, -0.2) is 55.0 Å². The van der Waals surface area contributed by atoms with Crippen LogP contribution in [-0.2, 0) is 23.1 Å². The van der Waals surface area contributed by atoms with Crippen molar-refractivity contribution >= 4 is 10.0 Å². The quantitative estimate of drug-likeness (QED) is 0.815. The summed E-state index contributed by atoms with van der Waals surface area (Å²) in [6.07, 6.45) is 3.03. The van der Waals surface area contributed by atoms with Gasteiger partial charge in [0.05, 0.1) is 11.9 Å². The van der Waals surface area contributed by atoms with Crippen LogP contribution in [0.3, 0.4) is 0 Å². The number of sulfonamides is 1. The highest BCUT2D eigenvalue weighted by molar-refractivity contribution is 7.88. The second-order valence-electron chi connectivity index (χ2n) is 4.80. The maximum absolute atomic E-state index is 11.4. The SMILES string of the molecule is CS(=O)(=O)N1CCN(Cc2ccnc(CN)c2)CC1. The molecule has 2 N–H and O–H groups in total. The molecular weight excluding hydrogens is 264 g/mol. The molecule has 0 saturated carbocycles. The highest BCUT2D eigenvalue weighted by atomic mass is 32.2. The van der Waals surface area contributed by atoms with Crippen molar-refractivity contribution in [2.45, 2.75) is 13.1 Å². The molecule has 7 heteroatoms. The zero-order chi connectivity index (χ0) is 13.9. The number of aromatic nitrogens is 1. The van der Waals surface area contributed by atoms with Gasteiger partial charge in [-0.3, -0.25) is 9.88 Å². The molecule has 2 rings (SSSR count). The third-order valence-electron chi connectivity index (χ3n) is 3.30. The summed E-state index contributed by atoms with van der Waals surface area (Å²) in [6, 6.07) is 3.98. The second-order valence-corrected chi connectivity index (χ2v) is 6.78. The molecule has 6 nitrogen and oxygen atoms in total. The molecule has 1 aromatic heterocycles. The van der Waals surface area contributed by atoms with Crippen molar-refractivity contribution in [1.82, 2.24) is 14.2 Å². The lowest BCUT2D eigenvalue weighted by Crippen LogP contribution is -2.47. The van der Waals surface area contributed by atoms with E-state index in [0.29, 0.717) is 19.6 Å². The Hall–Kier alpha value is -1.02. The van der Waals surface area contributed by atoms with E-state index in [9.17, 15) is 8.42 Å². The number of nitrogens with two attached hydrogens (primary N) is 1. The molecule has 0 spiro atoms. The summed E-state index contributed by atoms with van der Waals surface area (Å²) in [5.41, 5.74) is 7.62. The summed E-state index contributed by atoms with van der Waals surface area (Å²) >= 11 is 0. The minimum Gasteiger partial charge on any atom is -0.325 e. The standard InChI is InChI=1S/C12H20N4O2S/c1-19(17,18)16-6-4-15(5-7-16)10-11-2-3-14-12(8-11)9-13/h2-3,8H,4-7,9-10,13H2,1H3. The first-order valence-corrected chi connectivity index (χ1v) is 8.15. The molecule has 1 aromatic rings. The van der Waals surface area contributed by atoms with Gasteiger partial charge in [0.1, 0.15) is 0 Å². The van der Waals surface area contributed by atoms with Crippen molar-refractivity contribution in [3.8, 4) is 0 Å². The summed E-state index contributed by atoms with van der Waals surface area (Å²) in [4.78, 5) is 6.41. The summed E-state index contributed by atoms with van der Waals surface area (Å²) in [5, 5.41) is 0. The molecule has 19 heavy (non-hydrogen) atoms. The van der Waals surface area contributed by atoms with Crippen molar-refractivity contribution in [3.05, 3.63) is 29.6 Å². The molecule has 1 saturated heterocycles. The van der Waals surface area contributed by atoms with Crippen molar-refractivity contribution in [2.24, 2.45) is 5.73 Å². The van der Waals surface area contributed by atoms with Gasteiger partial charge in [-0.2, -0.15) is 4.31 Å². The third kappa shape index (κ3) is 3.97. The van der Waals surface area contributed by atoms with E-state index in [1.165, 1.54) is 16.1 Å². The lowest BCUT2D eigenvalue weighted by molar-refractivity contribution is 0.182. The molecule has 0 amide bonds. The first-order chi connectivity index (χ1) is 8.99. The van der Waals surface area contributed by atoms with Gasteiger partial charge in [-0.1, -0.05) is 0 Å². The van der Waals surface area contributed by atoms with Gasteiger partial charge in [0.15, 0.2) is 0 Å². The average molecular weight is 284 g/mol. The number of piperazine rings is 1. The van der Waals surface area contributed by atoms with Gasteiger partial charge < -0.3 is 5.73 Å². The molecule has 106 valence electrons. The topological polar surface area (TPSA) is 79.5 Å². The van der Waals surface area contributed by atoms with E-state index < -0.39 is 10.0 Å². The van der Waals surface area contributed by atoms with Crippen LogP contribution in [0.25, 0.3) is 0 Å². The molecule has 1 aliphatic heterocycles.